The molecule has 0 aromatic carbocycles. The zero-order valence-electron chi connectivity index (χ0n) is 10.9. The minimum Gasteiger partial charge on any atom is -0.360 e. The van der Waals surface area contributed by atoms with Gasteiger partial charge in [0.2, 0.25) is 5.91 Å². The predicted octanol–water partition coefficient (Wildman–Crippen LogP) is -0.0733. The summed E-state index contributed by atoms with van der Waals surface area (Å²) in [5, 5.41) is 6.42. The second kappa shape index (κ2) is 5.97. The van der Waals surface area contributed by atoms with E-state index in [1.165, 1.54) is 0 Å². The minimum absolute atomic E-state index is 0.0332. The molecule has 1 atom stereocenters. The third-order valence-corrected chi connectivity index (χ3v) is 3.30. The van der Waals surface area contributed by atoms with E-state index in [4.69, 9.17) is 4.52 Å². The van der Waals surface area contributed by atoms with Gasteiger partial charge in [0.15, 0.2) is 5.76 Å². The molecule has 100 valence electrons. The third-order valence-electron chi connectivity index (χ3n) is 3.30. The maximum atomic E-state index is 11.7. The summed E-state index contributed by atoms with van der Waals surface area (Å²) in [6.07, 6.45) is 2.70. The van der Waals surface area contributed by atoms with Crippen LogP contribution in [-0.2, 0) is 11.3 Å². The molecule has 0 radical (unpaired) electrons. The first-order valence-corrected chi connectivity index (χ1v) is 6.20. The first kappa shape index (κ1) is 13.0. The van der Waals surface area contributed by atoms with Gasteiger partial charge in [0.25, 0.3) is 0 Å². The Morgan fingerprint density at radius 2 is 2.50 bits per heavy atom. The molecule has 6 heteroatoms. The average Bonchev–Trinajstić information content (AvgIpc) is 2.96. The lowest BCUT2D eigenvalue weighted by Crippen LogP contribution is -2.38. The average molecular weight is 252 g/mol. The Bertz CT molecular complexity index is 377. The van der Waals surface area contributed by atoms with Crippen LogP contribution in [0.2, 0.25) is 0 Å². The lowest BCUT2D eigenvalue weighted by atomic mass is 10.2. The van der Waals surface area contributed by atoms with Crippen molar-refractivity contribution in [2.24, 2.45) is 0 Å². The summed E-state index contributed by atoms with van der Waals surface area (Å²) in [4.78, 5) is 16.1. The summed E-state index contributed by atoms with van der Waals surface area (Å²) >= 11 is 0. The monoisotopic (exact) mass is 252 g/mol. The molecule has 2 heterocycles. The number of hydrogen-bond acceptors (Lipinski definition) is 5. The molecule has 1 aromatic heterocycles. The van der Waals surface area contributed by atoms with Crippen LogP contribution in [0.15, 0.2) is 16.8 Å². The molecule has 6 nitrogen and oxygen atoms in total. The van der Waals surface area contributed by atoms with Gasteiger partial charge in [-0.2, -0.15) is 0 Å². The van der Waals surface area contributed by atoms with E-state index >= 15 is 0 Å². The molecular formula is C12H20N4O2. The second-order valence-electron chi connectivity index (χ2n) is 4.90. The van der Waals surface area contributed by atoms with E-state index in [1.807, 2.05) is 0 Å². The van der Waals surface area contributed by atoms with E-state index in [0.29, 0.717) is 24.9 Å². The summed E-state index contributed by atoms with van der Waals surface area (Å²) < 4.78 is 4.92. The van der Waals surface area contributed by atoms with Gasteiger partial charge in [0.1, 0.15) is 0 Å². The van der Waals surface area contributed by atoms with Crippen molar-refractivity contribution >= 4 is 5.91 Å². The smallest absolute Gasteiger partial charge is 0.234 e. The quantitative estimate of drug-likeness (QED) is 0.794. The van der Waals surface area contributed by atoms with Crippen LogP contribution >= 0.6 is 0 Å². The Balaban J connectivity index is 1.69. The number of carbonyl (C=O) groups is 1. The van der Waals surface area contributed by atoms with Gasteiger partial charge in [-0.3, -0.25) is 9.69 Å². The van der Waals surface area contributed by atoms with Gasteiger partial charge in [-0.25, -0.2) is 0 Å². The van der Waals surface area contributed by atoms with Crippen molar-refractivity contribution in [3.8, 4) is 0 Å². The van der Waals surface area contributed by atoms with E-state index in [1.54, 1.807) is 12.3 Å². The first-order valence-electron chi connectivity index (χ1n) is 6.20. The number of aromatic nitrogens is 1. The topological polar surface area (TPSA) is 61.6 Å². The molecule has 1 amide bonds. The molecule has 0 bridgehead atoms. The summed E-state index contributed by atoms with van der Waals surface area (Å²) in [5.74, 6) is 0.710. The molecule has 18 heavy (non-hydrogen) atoms. The van der Waals surface area contributed by atoms with Crippen LogP contribution in [0.4, 0.5) is 0 Å². The van der Waals surface area contributed by atoms with Crippen LogP contribution in [-0.4, -0.2) is 60.6 Å². The van der Waals surface area contributed by atoms with E-state index in [0.717, 1.165) is 19.5 Å². The molecule has 1 aliphatic heterocycles. The van der Waals surface area contributed by atoms with E-state index in [-0.39, 0.29) is 5.91 Å². The second-order valence-corrected chi connectivity index (χ2v) is 4.90. The van der Waals surface area contributed by atoms with Gasteiger partial charge in [-0.1, -0.05) is 5.16 Å². The molecular weight excluding hydrogens is 232 g/mol. The zero-order valence-corrected chi connectivity index (χ0v) is 10.9. The third kappa shape index (κ3) is 3.54. The van der Waals surface area contributed by atoms with Crippen molar-refractivity contribution in [1.29, 1.82) is 0 Å². The Labute approximate surface area is 107 Å². The standard InChI is InChI=1S/C12H20N4O2/c1-15(2)10-4-6-16(8-10)9-12(17)13-7-11-3-5-14-18-11/h3,5,10H,4,6-9H2,1-2H3,(H,13,17)/t10-/m1/s1. The molecule has 2 rings (SSSR count). The highest BCUT2D eigenvalue weighted by Crippen LogP contribution is 2.12. The molecule has 0 unspecified atom stereocenters. The summed E-state index contributed by atoms with van der Waals surface area (Å²) in [7, 11) is 4.16. The van der Waals surface area contributed by atoms with Crippen molar-refractivity contribution in [1.82, 2.24) is 20.3 Å². The molecule has 0 aliphatic carbocycles. The molecule has 0 saturated carbocycles. The molecule has 0 spiro atoms. The predicted molar refractivity (Wildman–Crippen MR) is 66.9 cm³/mol. The fourth-order valence-electron chi connectivity index (χ4n) is 2.16. The number of rotatable bonds is 5. The first-order chi connectivity index (χ1) is 8.65. The number of carbonyl (C=O) groups excluding carboxylic acids is 1. The van der Waals surface area contributed by atoms with Gasteiger partial charge >= 0.3 is 0 Å². The Kier molecular flexibility index (Phi) is 4.33. The number of hydrogen-bond donors (Lipinski definition) is 1. The van der Waals surface area contributed by atoms with E-state index < -0.39 is 0 Å². The van der Waals surface area contributed by atoms with Gasteiger partial charge < -0.3 is 14.7 Å². The van der Waals surface area contributed by atoms with Crippen molar-refractivity contribution in [2.45, 2.75) is 19.0 Å². The van der Waals surface area contributed by atoms with Gasteiger partial charge in [-0.05, 0) is 20.5 Å². The zero-order chi connectivity index (χ0) is 13.0. The number of amides is 1. The molecule has 1 aromatic rings. The van der Waals surface area contributed by atoms with Crippen LogP contribution < -0.4 is 5.32 Å². The fraction of sp³-hybridized carbons (Fsp3) is 0.667. The number of likely N-dealkylation sites (N-methyl/N-ethyl adjacent to an activating group) is 1. The molecule has 1 saturated heterocycles. The minimum atomic E-state index is 0.0332. The van der Waals surface area contributed by atoms with Crippen molar-refractivity contribution < 1.29 is 9.32 Å². The van der Waals surface area contributed by atoms with Crippen LogP contribution in [0.3, 0.4) is 0 Å². The molecule has 1 fully saturated rings. The number of nitrogens with zero attached hydrogens (tertiary/aromatic N) is 3. The Morgan fingerprint density at radius 1 is 1.67 bits per heavy atom. The number of nitrogens with one attached hydrogen (secondary N) is 1. The Morgan fingerprint density at radius 3 is 3.11 bits per heavy atom. The number of likely N-dealkylation sites (tertiary alicyclic amines) is 1. The highest BCUT2D eigenvalue weighted by atomic mass is 16.5. The van der Waals surface area contributed by atoms with Crippen LogP contribution in [0.5, 0.6) is 0 Å². The summed E-state index contributed by atoms with van der Waals surface area (Å²) in [6, 6.07) is 2.31. The largest absolute Gasteiger partial charge is 0.360 e. The summed E-state index contributed by atoms with van der Waals surface area (Å²) in [6.45, 7) is 2.81. The fourth-order valence-corrected chi connectivity index (χ4v) is 2.16. The van der Waals surface area contributed by atoms with Crippen LogP contribution in [0.25, 0.3) is 0 Å². The van der Waals surface area contributed by atoms with Crippen molar-refractivity contribution in [3.05, 3.63) is 18.0 Å². The van der Waals surface area contributed by atoms with Gasteiger partial charge in [0.05, 0.1) is 19.3 Å². The normalized spacial score (nSPS) is 20.5. The maximum Gasteiger partial charge on any atom is 0.234 e. The Hall–Kier alpha value is -1.40. The van der Waals surface area contributed by atoms with Crippen molar-refractivity contribution in [3.63, 3.8) is 0 Å². The van der Waals surface area contributed by atoms with Gasteiger partial charge in [0, 0.05) is 25.2 Å². The van der Waals surface area contributed by atoms with Crippen LogP contribution in [0.1, 0.15) is 12.2 Å². The lowest BCUT2D eigenvalue weighted by molar-refractivity contribution is -0.122. The highest BCUT2D eigenvalue weighted by molar-refractivity contribution is 5.77. The summed E-state index contributed by atoms with van der Waals surface area (Å²) in [5.41, 5.74) is 0. The maximum absolute atomic E-state index is 11.7. The van der Waals surface area contributed by atoms with E-state index in [2.05, 4.69) is 34.4 Å². The van der Waals surface area contributed by atoms with Gasteiger partial charge in [-0.15, -0.1) is 0 Å². The van der Waals surface area contributed by atoms with Crippen molar-refractivity contribution in [2.75, 3.05) is 33.7 Å². The van der Waals surface area contributed by atoms with E-state index in [9.17, 15) is 4.79 Å². The lowest BCUT2D eigenvalue weighted by Gasteiger charge is -2.19. The van der Waals surface area contributed by atoms with Crippen LogP contribution in [0, 0.1) is 0 Å². The molecule has 1 aliphatic rings. The SMILES string of the molecule is CN(C)[C@@H]1CCN(CC(=O)NCc2ccno2)C1. The molecule has 1 N–H and O–H groups in total. The highest BCUT2D eigenvalue weighted by Gasteiger charge is 2.25.